The SMILES string of the molecule is Cc1ccc(C(=O)Nc2cccc(CNc3ccc(F)cc3C#N)c2)cc1. The van der Waals surface area contributed by atoms with Crippen molar-refractivity contribution in [2.45, 2.75) is 13.5 Å². The van der Waals surface area contributed by atoms with Gasteiger partial charge in [0.15, 0.2) is 0 Å². The first-order chi connectivity index (χ1) is 13.0. The van der Waals surface area contributed by atoms with Crippen LogP contribution >= 0.6 is 0 Å². The van der Waals surface area contributed by atoms with Gasteiger partial charge in [0.1, 0.15) is 11.9 Å². The van der Waals surface area contributed by atoms with Crippen LogP contribution in [0.4, 0.5) is 15.8 Å². The maximum Gasteiger partial charge on any atom is 0.255 e. The lowest BCUT2D eigenvalue weighted by molar-refractivity contribution is 0.102. The molecule has 134 valence electrons. The number of rotatable bonds is 5. The van der Waals surface area contributed by atoms with Crippen molar-refractivity contribution in [2.24, 2.45) is 0 Å². The summed E-state index contributed by atoms with van der Waals surface area (Å²) < 4.78 is 13.2. The number of aryl methyl sites for hydroxylation is 1. The van der Waals surface area contributed by atoms with Crippen LogP contribution in [0.1, 0.15) is 27.0 Å². The summed E-state index contributed by atoms with van der Waals surface area (Å²) in [4.78, 5) is 12.3. The second-order valence-electron chi connectivity index (χ2n) is 6.18. The molecule has 3 aromatic rings. The van der Waals surface area contributed by atoms with Gasteiger partial charge in [0, 0.05) is 17.8 Å². The second kappa shape index (κ2) is 8.15. The summed E-state index contributed by atoms with van der Waals surface area (Å²) in [7, 11) is 0. The third-order valence-electron chi connectivity index (χ3n) is 4.08. The number of halogens is 1. The molecule has 4 nitrogen and oxygen atoms in total. The van der Waals surface area contributed by atoms with Crippen LogP contribution in [0.2, 0.25) is 0 Å². The van der Waals surface area contributed by atoms with Gasteiger partial charge in [-0.15, -0.1) is 0 Å². The molecule has 0 saturated carbocycles. The first kappa shape index (κ1) is 18.2. The van der Waals surface area contributed by atoms with E-state index in [0.29, 0.717) is 23.5 Å². The summed E-state index contributed by atoms with van der Waals surface area (Å²) >= 11 is 0. The molecule has 0 saturated heterocycles. The third-order valence-corrected chi connectivity index (χ3v) is 4.08. The number of carbonyl (C=O) groups excluding carboxylic acids is 1. The zero-order chi connectivity index (χ0) is 19.2. The Morgan fingerprint density at radius 1 is 1.07 bits per heavy atom. The van der Waals surface area contributed by atoms with Crippen molar-refractivity contribution in [1.29, 1.82) is 5.26 Å². The Hall–Kier alpha value is -3.65. The minimum atomic E-state index is -0.446. The Labute approximate surface area is 157 Å². The van der Waals surface area contributed by atoms with E-state index < -0.39 is 5.82 Å². The molecular weight excluding hydrogens is 341 g/mol. The van der Waals surface area contributed by atoms with E-state index in [1.54, 1.807) is 12.1 Å². The van der Waals surface area contributed by atoms with Crippen LogP contribution in [0.5, 0.6) is 0 Å². The molecule has 0 aliphatic rings. The monoisotopic (exact) mass is 359 g/mol. The van der Waals surface area contributed by atoms with Crippen molar-refractivity contribution in [3.8, 4) is 6.07 Å². The normalized spacial score (nSPS) is 10.1. The van der Waals surface area contributed by atoms with Crippen LogP contribution in [0, 0.1) is 24.1 Å². The van der Waals surface area contributed by atoms with Gasteiger partial charge in [0.25, 0.3) is 5.91 Å². The van der Waals surface area contributed by atoms with Gasteiger partial charge in [-0.25, -0.2) is 4.39 Å². The molecule has 0 heterocycles. The topological polar surface area (TPSA) is 64.9 Å². The molecule has 1 amide bonds. The Bertz CT molecular complexity index is 1010. The zero-order valence-corrected chi connectivity index (χ0v) is 14.8. The van der Waals surface area contributed by atoms with Crippen molar-refractivity contribution >= 4 is 17.3 Å². The van der Waals surface area contributed by atoms with Crippen molar-refractivity contribution < 1.29 is 9.18 Å². The van der Waals surface area contributed by atoms with E-state index >= 15 is 0 Å². The van der Waals surface area contributed by atoms with E-state index in [0.717, 1.165) is 11.1 Å². The number of amides is 1. The highest BCUT2D eigenvalue weighted by Gasteiger charge is 2.07. The molecule has 0 aliphatic carbocycles. The Kier molecular flexibility index (Phi) is 5.48. The molecule has 0 unspecified atom stereocenters. The minimum Gasteiger partial charge on any atom is -0.380 e. The quantitative estimate of drug-likeness (QED) is 0.683. The van der Waals surface area contributed by atoms with E-state index in [4.69, 9.17) is 5.26 Å². The molecule has 27 heavy (non-hydrogen) atoms. The Morgan fingerprint density at radius 3 is 2.59 bits per heavy atom. The average Bonchev–Trinajstić information content (AvgIpc) is 2.67. The lowest BCUT2D eigenvalue weighted by Crippen LogP contribution is -2.12. The van der Waals surface area contributed by atoms with Gasteiger partial charge >= 0.3 is 0 Å². The highest BCUT2D eigenvalue weighted by atomic mass is 19.1. The molecule has 0 atom stereocenters. The van der Waals surface area contributed by atoms with Crippen LogP contribution < -0.4 is 10.6 Å². The fourth-order valence-corrected chi connectivity index (χ4v) is 2.63. The molecule has 0 aromatic heterocycles. The van der Waals surface area contributed by atoms with Gasteiger partial charge in [0.2, 0.25) is 0 Å². The van der Waals surface area contributed by atoms with E-state index in [2.05, 4.69) is 10.6 Å². The van der Waals surface area contributed by atoms with Crippen LogP contribution in [0.25, 0.3) is 0 Å². The summed E-state index contributed by atoms with van der Waals surface area (Å²) in [6.45, 7) is 2.41. The molecular formula is C22H18FN3O. The number of nitrogens with zero attached hydrogens (tertiary/aromatic N) is 1. The molecule has 2 N–H and O–H groups in total. The summed E-state index contributed by atoms with van der Waals surface area (Å²) in [5, 5.41) is 15.1. The number of hydrogen-bond donors (Lipinski definition) is 2. The number of anilines is 2. The fraction of sp³-hybridized carbons (Fsp3) is 0.0909. The van der Waals surface area contributed by atoms with Gasteiger partial charge in [-0.2, -0.15) is 5.26 Å². The Morgan fingerprint density at radius 2 is 1.85 bits per heavy atom. The predicted octanol–water partition coefficient (Wildman–Crippen LogP) is 4.87. The molecule has 3 rings (SSSR count). The maximum atomic E-state index is 13.2. The van der Waals surface area contributed by atoms with Gasteiger partial charge < -0.3 is 10.6 Å². The Balaban J connectivity index is 1.68. The number of hydrogen-bond acceptors (Lipinski definition) is 3. The van der Waals surface area contributed by atoms with Crippen molar-refractivity contribution in [3.05, 3.63) is 94.8 Å². The molecule has 0 radical (unpaired) electrons. The van der Waals surface area contributed by atoms with E-state index in [1.165, 1.54) is 18.2 Å². The van der Waals surface area contributed by atoms with Crippen molar-refractivity contribution in [2.75, 3.05) is 10.6 Å². The summed E-state index contributed by atoms with van der Waals surface area (Å²) in [5.41, 5.74) is 4.10. The molecule has 0 aliphatic heterocycles. The summed E-state index contributed by atoms with van der Waals surface area (Å²) in [5.74, 6) is -0.622. The molecule has 0 fully saturated rings. The van der Waals surface area contributed by atoms with Crippen LogP contribution in [0.15, 0.2) is 66.7 Å². The second-order valence-corrected chi connectivity index (χ2v) is 6.18. The van der Waals surface area contributed by atoms with Crippen LogP contribution in [-0.4, -0.2) is 5.91 Å². The lowest BCUT2D eigenvalue weighted by Gasteiger charge is -2.10. The van der Waals surface area contributed by atoms with Gasteiger partial charge in [-0.1, -0.05) is 29.8 Å². The first-order valence-electron chi connectivity index (χ1n) is 8.45. The standard InChI is InChI=1S/C22H18FN3O/c1-15-5-7-17(8-6-15)22(27)26-20-4-2-3-16(11-20)14-25-21-10-9-19(23)12-18(21)13-24/h2-12,25H,14H2,1H3,(H,26,27). The number of nitrogens with one attached hydrogen (secondary N) is 2. The van der Waals surface area contributed by atoms with E-state index in [9.17, 15) is 9.18 Å². The van der Waals surface area contributed by atoms with Crippen molar-refractivity contribution in [1.82, 2.24) is 0 Å². The summed E-state index contributed by atoms with van der Waals surface area (Å²) in [6, 6.07) is 20.8. The lowest BCUT2D eigenvalue weighted by atomic mass is 10.1. The van der Waals surface area contributed by atoms with Crippen molar-refractivity contribution in [3.63, 3.8) is 0 Å². The van der Waals surface area contributed by atoms with E-state index in [-0.39, 0.29) is 11.5 Å². The first-order valence-corrected chi connectivity index (χ1v) is 8.45. The molecule has 0 spiro atoms. The highest BCUT2D eigenvalue weighted by Crippen LogP contribution is 2.18. The number of nitriles is 1. The maximum absolute atomic E-state index is 13.2. The highest BCUT2D eigenvalue weighted by molar-refractivity contribution is 6.04. The van der Waals surface area contributed by atoms with Crippen LogP contribution in [-0.2, 0) is 6.54 Å². The van der Waals surface area contributed by atoms with Crippen LogP contribution in [0.3, 0.4) is 0 Å². The molecule has 0 bridgehead atoms. The predicted molar refractivity (Wildman–Crippen MR) is 104 cm³/mol. The fourth-order valence-electron chi connectivity index (χ4n) is 2.63. The average molecular weight is 359 g/mol. The summed E-state index contributed by atoms with van der Waals surface area (Å²) in [6.07, 6.45) is 0. The van der Waals surface area contributed by atoms with Gasteiger partial charge in [0.05, 0.1) is 11.3 Å². The number of benzene rings is 3. The van der Waals surface area contributed by atoms with Gasteiger partial charge in [-0.05, 0) is 55.0 Å². The van der Waals surface area contributed by atoms with E-state index in [1.807, 2.05) is 49.4 Å². The molecule has 5 heteroatoms. The molecule has 3 aromatic carbocycles. The minimum absolute atomic E-state index is 0.176. The largest absolute Gasteiger partial charge is 0.380 e. The number of carbonyl (C=O) groups is 1. The zero-order valence-electron chi connectivity index (χ0n) is 14.8. The van der Waals surface area contributed by atoms with Gasteiger partial charge in [-0.3, -0.25) is 4.79 Å². The smallest absolute Gasteiger partial charge is 0.255 e. The third kappa shape index (κ3) is 4.71.